The minimum absolute atomic E-state index is 0.0889. The highest BCUT2D eigenvalue weighted by molar-refractivity contribution is 5.77. The number of imidazole rings is 1. The van der Waals surface area contributed by atoms with Gasteiger partial charge in [0.15, 0.2) is 11.2 Å². The maximum Gasteiger partial charge on any atom is 0.332 e. The van der Waals surface area contributed by atoms with Gasteiger partial charge in [0.25, 0.3) is 5.56 Å². The molecule has 2 aromatic rings. The number of hydrogen-bond acceptors (Lipinski definition) is 5. The summed E-state index contributed by atoms with van der Waals surface area (Å²) in [6.07, 6.45) is 6.64. The van der Waals surface area contributed by atoms with Crippen molar-refractivity contribution in [2.24, 2.45) is 31.7 Å². The standard InChI is InChI=1S/C18H26N6O3/c1-22-9-20-16-15(22)17(26)24(18(27)23(16)2)8-13(25)21-14-10-4-3-5-11(14)7-12(19)6-10/h9-12,14H,3-8,19H2,1-2H3,(H,21,25). The summed E-state index contributed by atoms with van der Waals surface area (Å²) in [5.41, 5.74) is 5.75. The molecule has 2 aromatic heterocycles. The number of aromatic nitrogens is 4. The fourth-order valence-electron chi connectivity index (χ4n) is 4.94. The average Bonchev–Trinajstić information content (AvgIpc) is 2.99. The molecule has 0 spiro atoms. The number of nitrogens with one attached hydrogen (secondary N) is 1. The first-order valence-electron chi connectivity index (χ1n) is 9.52. The van der Waals surface area contributed by atoms with Crippen LogP contribution in [-0.2, 0) is 25.4 Å². The summed E-state index contributed by atoms with van der Waals surface area (Å²) in [6, 6.07) is 0.293. The van der Waals surface area contributed by atoms with E-state index in [4.69, 9.17) is 5.73 Å². The maximum absolute atomic E-state index is 12.7. The van der Waals surface area contributed by atoms with Crippen LogP contribution in [0.5, 0.6) is 0 Å². The second-order valence-electron chi connectivity index (χ2n) is 8.04. The van der Waals surface area contributed by atoms with Crippen molar-refractivity contribution in [3.63, 3.8) is 0 Å². The molecule has 9 nitrogen and oxygen atoms in total. The molecule has 2 unspecified atom stereocenters. The molecular formula is C18H26N6O3. The lowest BCUT2D eigenvalue weighted by Gasteiger charge is -2.45. The Balaban J connectivity index is 1.60. The Morgan fingerprint density at radius 2 is 1.93 bits per heavy atom. The van der Waals surface area contributed by atoms with E-state index in [9.17, 15) is 14.4 Å². The van der Waals surface area contributed by atoms with Crippen LogP contribution >= 0.6 is 0 Å². The van der Waals surface area contributed by atoms with E-state index in [0.717, 1.165) is 30.3 Å². The molecule has 146 valence electrons. The van der Waals surface area contributed by atoms with Gasteiger partial charge >= 0.3 is 5.69 Å². The van der Waals surface area contributed by atoms with Crippen molar-refractivity contribution in [1.29, 1.82) is 0 Å². The number of rotatable bonds is 3. The smallest absolute Gasteiger partial charge is 0.332 e. The van der Waals surface area contributed by atoms with Gasteiger partial charge < -0.3 is 15.6 Å². The Kier molecular flexibility index (Phi) is 4.41. The number of carbonyl (C=O) groups is 1. The maximum atomic E-state index is 12.7. The number of carbonyl (C=O) groups excluding carboxylic acids is 1. The molecule has 0 saturated heterocycles. The first-order valence-corrected chi connectivity index (χ1v) is 9.52. The van der Waals surface area contributed by atoms with Gasteiger partial charge in [-0.05, 0) is 37.5 Å². The van der Waals surface area contributed by atoms with E-state index in [2.05, 4.69) is 10.3 Å². The number of amides is 1. The van der Waals surface area contributed by atoms with Crippen LogP contribution in [-0.4, -0.2) is 36.7 Å². The van der Waals surface area contributed by atoms with Gasteiger partial charge in [0.2, 0.25) is 5.91 Å². The summed E-state index contributed by atoms with van der Waals surface area (Å²) < 4.78 is 3.86. The van der Waals surface area contributed by atoms with Gasteiger partial charge in [0, 0.05) is 26.2 Å². The number of fused-ring (bicyclic) bond motifs is 3. The van der Waals surface area contributed by atoms with E-state index >= 15 is 0 Å². The van der Waals surface area contributed by atoms with Crippen molar-refractivity contribution in [3.8, 4) is 0 Å². The van der Waals surface area contributed by atoms with Crippen molar-refractivity contribution >= 4 is 17.1 Å². The number of aryl methyl sites for hydroxylation is 2. The molecule has 3 N–H and O–H groups in total. The van der Waals surface area contributed by atoms with E-state index in [1.54, 1.807) is 18.7 Å². The third-order valence-electron chi connectivity index (χ3n) is 6.21. The summed E-state index contributed by atoms with van der Waals surface area (Å²) in [6.45, 7) is -0.283. The number of nitrogens with two attached hydrogens (primary N) is 1. The van der Waals surface area contributed by atoms with Crippen LogP contribution in [0, 0.1) is 11.8 Å². The second kappa shape index (κ2) is 6.63. The molecule has 2 aliphatic rings. The van der Waals surface area contributed by atoms with Gasteiger partial charge in [0.05, 0.1) is 6.33 Å². The Bertz CT molecular complexity index is 989. The molecule has 1 amide bonds. The zero-order chi connectivity index (χ0) is 19.3. The minimum atomic E-state index is -0.535. The van der Waals surface area contributed by atoms with Crippen LogP contribution in [0.25, 0.3) is 11.2 Å². The van der Waals surface area contributed by atoms with Gasteiger partial charge in [-0.3, -0.25) is 14.2 Å². The zero-order valence-electron chi connectivity index (χ0n) is 15.7. The Labute approximate surface area is 156 Å². The van der Waals surface area contributed by atoms with Crippen LogP contribution in [0.1, 0.15) is 32.1 Å². The quantitative estimate of drug-likeness (QED) is 0.748. The van der Waals surface area contributed by atoms with Crippen LogP contribution in [0.3, 0.4) is 0 Å². The summed E-state index contributed by atoms with van der Waals surface area (Å²) in [5, 5.41) is 3.10. The lowest BCUT2D eigenvalue weighted by atomic mass is 9.67. The predicted octanol–water partition coefficient (Wildman–Crippen LogP) is -0.544. The molecule has 2 atom stereocenters. The van der Waals surface area contributed by atoms with Gasteiger partial charge in [-0.2, -0.15) is 0 Å². The van der Waals surface area contributed by atoms with Crippen molar-refractivity contribution < 1.29 is 4.79 Å². The van der Waals surface area contributed by atoms with Gasteiger partial charge in [-0.1, -0.05) is 6.42 Å². The van der Waals surface area contributed by atoms with E-state index in [1.807, 2.05) is 0 Å². The van der Waals surface area contributed by atoms with Crippen molar-refractivity contribution in [2.75, 3.05) is 0 Å². The van der Waals surface area contributed by atoms with E-state index in [-0.39, 0.29) is 24.5 Å². The molecule has 2 heterocycles. The first-order chi connectivity index (χ1) is 12.9. The molecule has 0 aromatic carbocycles. The van der Waals surface area contributed by atoms with Gasteiger partial charge in [-0.25, -0.2) is 14.3 Å². The third kappa shape index (κ3) is 2.99. The first kappa shape index (κ1) is 18.0. The van der Waals surface area contributed by atoms with Gasteiger partial charge in [-0.15, -0.1) is 0 Å². The average molecular weight is 374 g/mol. The summed E-state index contributed by atoms with van der Waals surface area (Å²) in [7, 11) is 3.25. The fraction of sp³-hybridized carbons (Fsp3) is 0.667. The normalized spacial score (nSPS) is 27.7. The highest BCUT2D eigenvalue weighted by atomic mass is 16.2. The highest BCUT2D eigenvalue weighted by Crippen LogP contribution is 2.39. The molecule has 0 aliphatic heterocycles. The Hall–Kier alpha value is -2.42. The van der Waals surface area contributed by atoms with Crippen LogP contribution in [0.15, 0.2) is 15.9 Å². The van der Waals surface area contributed by atoms with Gasteiger partial charge in [0.1, 0.15) is 6.54 Å². The fourth-order valence-corrected chi connectivity index (χ4v) is 4.94. The SMILES string of the molecule is Cn1cnc2c1c(=O)n(CC(=O)NC1C3CCCC1CC(N)C3)c(=O)n2C. The lowest BCUT2D eigenvalue weighted by molar-refractivity contribution is -0.124. The van der Waals surface area contributed by atoms with Crippen molar-refractivity contribution in [1.82, 2.24) is 24.0 Å². The molecule has 9 heteroatoms. The lowest BCUT2D eigenvalue weighted by Crippen LogP contribution is -2.55. The molecule has 2 fully saturated rings. The molecule has 2 aliphatic carbocycles. The summed E-state index contributed by atoms with van der Waals surface area (Å²) >= 11 is 0. The monoisotopic (exact) mass is 374 g/mol. The molecule has 4 rings (SSSR count). The van der Waals surface area contributed by atoms with E-state index in [1.165, 1.54) is 17.3 Å². The Morgan fingerprint density at radius 3 is 2.59 bits per heavy atom. The van der Waals surface area contributed by atoms with Crippen molar-refractivity contribution in [3.05, 3.63) is 27.2 Å². The topological polar surface area (TPSA) is 117 Å². The van der Waals surface area contributed by atoms with E-state index < -0.39 is 11.2 Å². The third-order valence-corrected chi connectivity index (χ3v) is 6.21. The Morgan fingerprint density at radius 1 is 1.26 bits per heavy atom. The van der Waals surface area contributed by atoms with Crippen LogP contribution in [0.4, 0.5) is 0 Å². The van der Waals surface area contributed by atoms with Crippen molar-refractivity contribution in [2.45, 2.75) is 50.7 Å². The largest absolute Gasteiger partial charge is 0.351 e. The van der Waals surface area contributed by atoms with Crippen LogP contribution in [0.2, 0.25) is 0 Å². The predicted molar refractivity (Wildman–Crippen MR) is 100 cm³/mol. The summed E-state index contributed by atoms with van der Waals surface area (Å²) in [4.78, 5) is 42.1. The molecule has 2 saturated carbocycles. The summed E-state index contributed by atoms with van der Waals surface area (Å²) in [5.74, 6) is 0.471. The zero-order valence-corrected chi connectivity index (χ0v) is 15.7. The number of nitrogens with zero attached hydrogens (tertiary/aromatic N) is 4. The number of hydrogen-bond donors (Lipinski definition) is 2. The molecule has 0 radical (unpaired) electrons. The molecule has 27 heavy (non-hydrogen) atoms. The second-order valence-corrected chi connectivity index (χ2v) is 8.04. The highest BCUT2D eigenvalue weighted by Gasteiger charge is 2.39. The molecule has 2 bridgehead atoms. The minimum Gasteiger partial charge on any atom is -0.351 e. The molecular weight excluding hydrogens is 348 g/mol. The van der Waals surface area contributed by atoms with E-state index in [0.29, 0.717) is 23.0 Å². The van der Waals surface area contributed by atoms with Crippen LogP contribution < -0.4 is 22.3 Å².